The molecule has 4 N–H and O–H groups in total. The molecule has 5 atom stereocenters. The van der Waals surface area contributed by atoms with E-state index in [0.29, 0.717) is 38.1 Å². The first kappa shape index (κ1) is 45.7. The minimum Gasteiger partial charge on any atom is -0.459 e. The third-order valence-electron chi connectivity index (χ3n) is 11.9. The van der Waals surface area contributed by atoms with E-state index in [0.717, 1.165) is 52.1 Å². The molecular weight excluding hydrogens is 843 g/mol. The lowest BCUT2D eigenvalue weighted by atomic mass is 10.0. The van der Waals surface area contributed by atoms with E-state index in [1.165, 1.54) is 16.2 Å². The normalized spacial score (nSPS) is 21.1. The first-order valence-corrected chi connectivity index (χ1v) is 24.2. The number of allylic oxidation sites excluding steroid dienone is 2. The largest absolute Gasteiger partial charge is 0.459 e. The first-order chi connectivity index (χ1) is 29.8. The van der Waals surface area contributed by atoms with Gasteiger partial charge in [0.25, 0.3) is 6.01 Å². The van der Waals surface area contributed by atoms with Crippen molar-refractivity contribution in [2.45, 2.75) is 134 Å². The number of unbranched alkanes of at least 4 members (excludes halogenated alkanes) is 3. The van der Waals surface area contributed by atoms with E-state index in [2.05, 4.69) is 10.0 Å². The Hall–Kier alpha value is -5.29. The lowest BCUT2D eigenvalue weighted by molar-refractivity contribution is -0.139. The molecule has 2 aliphatic carbocycles. The Morgan fingerprint density at radius 3 is 2.44 bits per heavy atom. The van der Waals surface area contributed by atoms with Crippen molar-refractivity contribution in [1.29, 1.82) is 0 Å². The Kier molecular flexibility index (Phi) is 13.4. The number of imidazole rings is 1. The van der Waals surface area contributed by atoms with Crippen LogP contribution >= 0.6 is 11.3 Å². The molecule has 0 bridgehead atoms. The second kappa shape index (κ2) is 18.4. The van der Waals surface area contributed by atoms with Gasteiger partial charge in [0.15, 0.2) is 0 Å². The molecule has 1 aliphatic heterocycles. The number of hydrogen-bond donors (Lipinski definition) is 3. The molecule has 15 nitrogen and oxygen atoms in total. The summed E-state index contributed by atoms with van der Waals surface area (Å²) in [6.45, 7) is 11.0. The van der Waals surface area contributed by atoms with Gasteiger partial charge in [0, 0.05) is 34.9 Å². The molecule has 338 valence electrons. The van der Waals surface area contributed by atoms with Crippen LogP contribution in [0.25, 0.3) is 32.9 Å². The number of likely N-dealkylation sites (tertiary alicyclic amines) is 1. The fraction of sp³-hybridized carbons (Fsp3) is 0.522. The Morgan fingerprint density at radius 1 is 1.02 bits per heavy atom. The average Bonchev–Trinajstić information content (AvgIpc) is 3.98. The predicted molar refractivity (Wildman–Crippen MR) is 242 cm³/mol. The van der Waals surface area contributed by atoms with Crippen LogP contribution in [-0.2, 0) is 29.1 Å². The quantitative estimate of drug-likeness (QED) is 0.0673. The number of aromatic nitrogens is 3. The second-order valence-corrected chi connectivity index (χ2v) is 21.6. The topological polar surface area (TPSA) is 205 Å². The van der Waals surface area contributed by atoms with Crippen molar-refractivity contribution in [3.8, 4) is 27.8 Å². The molecule has 2 saturated carbocycles. The Bertz CT molecular complexity index is 2470. The summed E-state index contributed by atoms with van der Waals surface area (Å²) in [7, 11) is -3.65. The number of fused-ring (bicyclic) bond motifs is 1. The number of hydrogen-bond acceptors (Lipinski definition) is 11. The smallest absolute Gasteiger partial charge is 0.408 e. The molecule has 3 heterocycles. The van der Waals surface area contributed by atoms with E-state index in [-0.39, 0.29) is 30.8 Å². The summed E-state index contributed by atoms with van der Waals surface area (Å²) in [5.41, 5.74) is 9.46. The molecule has 5 unspecified atom stereocenters. The molecule has 2 aromatic heterocycles. The fourth-order valence-electron chi connectivity index (χ4n) is 8.01. The van der Waals surface area contributed by atoms with Crippen LogP contribution in [0.1, 0.15) is 105 Å². The van der Waals surface area contributed by atoms with Gasteiger partial charge < -0.3 is 25.4 Å². The summed E-state index contributed by atoms with van der Waals surface area (Å²) >= 11 is 1.54. The Balaban J connectivity index is 0.993. The van der Waals surface area contributed by atoms with Gasteiger partial charge in [-0.3, -0.25) is 23.7 Å². The van der Waals surface area contributed by atoms with Gasteiger partial charge in [0.2, 0.25) is 27.7 Å². The lowest BCUT2D eigenvalue weighted by Crippen LogP contribution is -2.53. The number of ether oxygens (including phenoxy) is 2. The van der Waals surface area contributed by atoms with Crippen molar-refractivity contribution < 1.29 is 37.1 Å². The van der Waals surface area contributed by atoms with Gasteiger partial charge in [0.05, 0.1) is 22.5 Å². The Morgan fingerprint density at radius 2 is 1.76 bits per heavy atom. The monoisotopic (exact) mass is 901 g/mol. The van der Waals surface area contributed by atoms with Crippen LogP contribution in [0.5, 0.6) is 6.01 Å². The number of nitrogens with one attached hydrogen (secondary N) is 2. The zero-order chi connectivity index (χ0) is 45.3. The number of carbonyl (C=O) groups excluding carboxylic acids is 4. The molecule has 2 aromatic carbocycles. The van der Waals surface area contributed by atoms with Crippen LogP contribution in [-0.4, -0.2) is 86.7 Å². The second-order valence-electron chi connectivity index (χ2n) is 18.5. The third-order valence-corrected chi connectivity index (χ3v) is 15.0. The Labute approximate surface area is 373 Å². The van der Waals surface area contributed by atoms with Gasteiger partial charge in [-0.25, -0.2) is 18.2 Å². The van der Waals surface area contributed by atoms with Crippen LogP contribution in [0.2, 0.25) is 0 Å². The number of para-hydroxylation sites is 1. The molecular formula is C46H59N7O8S2. The molecule has 4 aromatic rings. The highest BCUT2D eigenvalue weighted by Crippen LogP contribution is 2.44. The highest BCUT2D eigenvalue weighted by atomic mass is 32.2. The van der Waals surface area contributed by atoms with Gasteiger partial charge in [-0.2, -0.15) is 4.98 Å². The molecule has 1 saturated heterocycles. The minimum atomic E-state index is -3.65. The summed E-state index contributed by atoms with van der Waals surface area (Å²) in [4.78, 5) is 64.2. The van der Waals surface area contributed by atoms with Gasteiger partial charge in [-0.15, -0.1) is 11.3 Å². The number of sulfonamides is 1. The number of alkyl carbamates (subject to hydrolysis) is 1. The standard InChI is InChI=1S/C46H59N7O8S2/c1-28(2)53-36-21-15-19-32(41-48-35(27-62-41)29-16-12-10-13-17-29)38(36)50-43(53)60-31-25-37(39(47)54)52(26-31)42(56)34(49-44(57)61-45(3,4)5)20-14-9-7-8-11-18-30-24-33(30)40(55)51-63(58,59)46(6)22-23-46/h10-13,15-19,21,27-28,30-31,33-34,37H,7-9,14,20,22-26H2,1-6H3,(H2,47,54)(H,49,57)(H,51,55). The van der Waals surface area contributed by atoms with Crippen LogP contribution < -0.4 is 20.5 Å². The summed E-state index contributed by atoms with van der Waals surface area (Å²) < 4.78 is 40.4. The highest BCUT2D eigenvalue weighted by molar-refractivity contribution is 7.91. The van der Waals surface area contributed by atoms with Crippen molar-refractivity contribution in [2.24, 2.45) is 17.6 Å². The highest BCUT2D eigenvalue weighted by Gasteiger charge is 2.52. The predicted octanol–water partition coefficient (Wildman–Crippen LogP) is 7.28. The van der Waals surface area contributed by atoms with Crippen LogP contribution in [0.3, 0.4) is 0 Å². The summed E-state index contributed by atoms with van der Waals surface area (Å²) in [5.74, 6) is -1.89. The van der Waals surface area contributed by atoms with Gasteiger partial charge >= 0.3 is 6.09 Å². The molecule has 17 heteroatoms. The third kappa shape index (κ3) is 10.7. The van der Waals surface area contributed by atoms with E-state index in [1.54, 1.807) is 27.7 Å². The molecule has 3 fully saturated rings. The lowest BCUT2D eigenvalue weighted by Gasteiger charge is -2.28. The number of nitrogens with two attached hydrogens (primary N) is 1. The molecule has 0 radical (unpaired) electrons. The average molecular weight is 902 g/mol. The van der Waals surface area contributed by atoms with E-state index in [4.69, 9.17) is 25.2 Å². The summed E-state index contributed by atoms with van der Waals surface area (Å²) in [6, 6.07) is 14.3. The van der Waals surface area contributed by atoms with E-state index in [1.807, 2.05) is 84.5 Å². The van der Waals surface area contributed by atoms with E-state index in [9.17, 15) is 27.6 Å². The molecule has 4 amide bonds. The fourth-order valence-corrected chi connectivity index (χ4v) is 10.2. The molecule has 63 heavy (non-hydrogen) atoms. The number of rotatable bonds is 18. The maximum absolute atomic E-state index is 14.3. The molecule has 7 rings (SSSR count). The van der Waals surface area contributed by atoms with Gasteiger partial charge in [-0.05, 0) is 98.1 Å². The number of amides is 4. The maximum Gasteiger partial charge on any atom is 0.408 e. The van der Waals surface area contributed by atoms with Crippen molar-refractivity contribution in [3.05, 3.63) is 66.1 Å². The first-order valence-electron chi connectivity index (χ1n) is 21.9. The number of nitrogens with zero attached hydrogens (tertiary/aromatic N) is 4. The van der Waals surface area contributed by atoms with E-state index < -0.39 is 62.4 Å². The minimum absolute atomic E-state index is 0.0120. The maximum atomic E-state index is 14.3. The molecule has 0 spiro atoms. The van der Waals surface area contributed by atoms with Crippen LogP contribution in [0.4, 0.5) is 4.79 Å². The number of thiazole rings is 1. The number of primary amides is 1. The van der Waals surface area contributed by atoms with Gasteiger partial charge in [-0.1, -0.05) is 61.4 Å². The SMILES string of the molecule is CC(C)n1c(OC2CC(C(N)=O)N(C(=O)C(CCCCCC=CC3CC3C(=O)NS(=O)(=O)C3(C)CC3)NC(=O)OC(C)(C)C)C2)nc2c(-c3nc(-c4ccccc4)cs3)cccc21. The van der Waals surface area contributed by atoms with Crippen molar-refractivity contribution in [2.75, 3.05) is 6.54 Å². The summed E-state index contributed by atoms with van der Waals surface area (Å²) in [6.07, 6.45) is 7.65. The van der Waals surface area contributed by atoms with Crippen LogP contribution in [0, 0.1) is 11.8 Å². The van der Waals surface area contributed by atoms with Crippen molar-refractivity contribution in [3.63, 3.8) is 0 Å². The zero-order valence-electron chi connectivity index (χ0n) is 36.8. The number of benzene rings is 2. The molecule has 3 aliphatic rings. The van der Waals surface area contributed by atoms with E-state index >= 15 is 0 Å². The van der Waals surface area contributed by atoms with Crippen LogP contribution in [0.15, 0.2) is 66.1 Å². The van der Waals surface area contributed by atoms with Crippen molar-refractivity contribution in [1.82, 2.24) is 29.5 Å². The number of carbonyl (C=O) groups is 4. The van der Waals surface area contributed by atoms with Crippen molar-refractivity contribution >= 4 is 56.2 Å². The summed E-state index contributed by atoms with van der Waals surface area (Å²) in [5, 5.41) is 5.61. The van der Waals surface area contributed by atoms with Gasteiger partial charge in [0.1, 0.15) is 34.3 Å². The zero-order valence-corrected chi connectivity index (χ0v) is 38.5.